The second-order valence-electron chi connectivity index (χ2n) is 5.94. The van der Waals surface area contributed by atoms with E-state index in [1.807, 2.05) is 13.0 Å². The monoisotopic (exact) mass is 288 g/mol. The van der Waals surface area contributed by atoms with Crippen LogP contribution in [0.25, 0.3) is 6.08 Å². The molecule has 1 atom stereocenters. The third-order valence-corrected chi connectivity index (χ3v) is 4.06. The van der Waals surface area contributed by atoms with E-state index >= 15 is 0 Å². The van der Waals surface area contributed by atoms with Crippen molar-refractivity contribution in [3.63, 3.8) is 0 Å². The number of aryl methyl sites for hydroxylation is 1. The Hall–Kier alpha value is -1.81. The highest BCUT2D eigenvalue weighted by Crippen LogP contribution is 2.27. The standard InChI is InChI=1S/C17H24N2O2/c1-13-6-8-16(14(11-13)7-9-17(20)21)19-10-4-5-15(12-19)18(2)3/h6-9,11,15H,4-5,10,12H2,1-3H3,(H,20,21)/b9-7+. The second kappa shape index (κ2) is 6.76. The fraction of sp³-hybridized carbons (Fsp3) is 0.471. The molecule has 0 amide bonds. The number of carbonyl (C=O) groups is 1. The summed E-state index contributed by atoms with van der Waals surface area (Å²) in [5.74, 6) is -0.910. The molecule has 1 fully saturated rings. The Balaban J connectivity index is 2.27. The first-order valence-electron chi connectivity index (χ1n) is 7.40. The summed E-state index contributed by atoms with van der Waals surface area (Å²) in [6.45, 7) is 4.05. The maximum atomic E-state index is 10.8. The number of likely N-dealkylation sites (N-methyl/N-ethyl adjacent to an activating group) is 1. The minimum Gasteiger partial charge on any atom is -0.478 e. The SMILES string of the molecule is Cc1ccc(N2CCCC(N(C)C)C2)c(/C=C/C(=O)O)c1. The Morgan fingerprint density at radius 3 is 2.86 bits per heavy atom. The molecule has 1 aromatic carbocycles. The van der Waals surface area contributed by atoms with Crippen LogP contribution in [0.5, 0.6) is 0 Å². The minimum absolute atomic E-state index is 0.552. The van der Waals surface area contributed by atoms with E-state index in [0.29, 0.717) is 6.04 Å². The first-order valence-corrected chi connectivity index (χ1v) is 7.40. The molecule has 1 heterocycles. The molecular weight excluding hydrogens is 264 g/mol. The summed E-state index contributed by atoms with van der Waals surface area (Å²) < 4.78 is 0. The topological polar surface area (TPSA) is 43.8 Å². The maximum absolute atomic E-state index is 10.8. The number of hydrogen-bond donors (Lipinski definition) is 1. The molecule has 1 aromatic rings. The van der Waals surface area contributed by atoms with Crippen LogP contribution in [0, 0.1) is 6.92 Å². The van der Waals surface area contributed by atoms with Crippen molar-refractivity contribution in [1.82, 2.24) is 4.90 Å². The number of carboxylic acid groups (broad SMARTS) is 1. The van der Waals surface area contributed by atoms with Gasteiger partial charge >= 0.3 is 5.97 Å². The van der Waals surface area contributed by atoms with Gasteiger partial charge in [0.25, 0.3) is 0 Å². The molecule has 0 spiro atoms. The van der Waals surface area contributed by atoms with E-state index in [4.69, 9.17) is 5.11 Å². The van der Waals surface area contributed by atoms with Crippen molar-refractivity contribution in [3.8, 4) is 0 Å². The number of hydrogen-bond acceptors (Lipinski definition) is 3. The lowest BCUT2D eigenvalue weighted by Crippen LogP contribution is -2.45. The number of aliphatic carboxylic acids is 1. The summed E-state index contributed by atoms with van der Waals surface area (Å²) in [4.78, 5) is 15.4. The molecule has 21 heavy (non-hydrogen) atoms. The summed E-state index contributed by atoms with van der Waals surface area (Å²) in [6, 6.07) is 6.80. The number of nitrogens with zero attached hydrogens (tertiary/aromatic N) is 2. The Kier molecular flexibility index (Phi) is 5.02. The zero-order chi connectivity index (χ0) is 15.4. The van der Waals surface area contributed by atoms with Crippen molar-refractivity contribution >= 4 is 17.7 Å². The first kappa shape index (κ1) is 15.6. The predicted molar refractivity (Wildman–Crippen MR) is 86.8 cm³/mol. The van der Waals surface area contributed by atoms with Crippen LogP contribution in [0.4, 0.5) is 5.69 Å². The molecule has 1 aliphatic heterocycles. The van der Waals surface area contributed by atoms with Crippen LogP contribution in [0.15, 0.2) is 24.3 Å². The summed E-state index contributed by atoms with van der Waals surface area (Å²) >= 11 is 0. The molecule has 0 aliphatic carbocycles. The highest BCUT2D eigenvalue weighted by atomic mass is 16.4. The Bertz CT molecular complexity index is 538. The van der Waals surface area contributed by atoms with Crippen LogP contribution in [0.3, 0.4) is 0 Å². The van der Waals surface area contributed by atoms with Gasteiger partial charge in [0.05, 0.1) is 0 Å². The number of benzene rings is 1. The van der Waals surface area contributed by atoms with Gasteiger partial charge in [0.15, 0.2) is 0 Å². The molecule has 0 radical (unpaired) electrons. The van der Waals surface area contributed by atoms with Crippen LogP contribution in [-0.2, 0) is 4.79 Å². The minimum atomic E-state index is -0.910. The number of carboxylic acids is 1. The molecule has 2 rings (SSSR count). The summed E-state index contributed by atoms with van der Waals surface area (Å²) in [7, 11) is 4.24. The number of anilines is 1. The molecule has 1 unspecified atom stereocenters. The normalized spacial score (nSPS) is 19.4. The Morgan fingerprint density at radius 2 is 2.19 bits per heavy atom. The summed E-state index contributed by atoms with van der Waals surface area (Å²) in [6.07, 6.45) is 5.30. The summed E-state index contributed by atoms with van der Waals surface area (Å²) in [5.41, 5.74) is 3.26. The zero-order valence-electron chi connectivity index (χ0n) is 13.0. The average Bonchev–Trinajstić information content (AvgIpc) is 2.45. The lowest BCUT2D eigenvalue weighted by atomic mass is 10.0. The molecule has 4 nitrogen and oxygen atoms in total. The molecule has 1 N–H and O–H groups in total. The second-order valence-corrected chi connectivity index (χ2v) is 5.94. The Labute approximate surface area is 126 Å². The fourth-order valence-corrected chi connectivity index (χ4v) is 2.85. The van der Waals surface area contributed by atoms with E-state index in [2.05, 4.69) is 36.0 Å². The predicted octanol–water partition coefficient (Wildman–Crippen LogP) is 2.62. The fourth-order valence-electron chi connectivity index (χ4n) is 2.85. The van der Waals surface area contributed by atoms with Crippen molar-refractivity contribution < 1.29 is 9.90 Å². The molecule has 114 valence electrons. The number of rotatable bonds is 4. The van der Waals surface area contributed by atoms with Gasteiger partial charge in [-0.05, 0) is 57.6 Å². The van der Waals surface area contributed by atoms with Gasteiger partial charge in [-0.1, -0.05) is 11.6 Å². The average molecular weight is 288 g/mol. The van der Waals surface area contributed by atoms with Gasteiger partial charge in [-0.25, -0.2) is 4.79 Å². The molecule has 0 aromatic heterocycles. The van der Waals surface area contributed by atoms with Gasteiger partial charge < -0.3 is 14.9 Å². The van der Waals surface area contributed by atoms with Crippen LogP contribution in [0.1, 0.15) is 24.0 Å². The van der Waals surface area contributed by atoms with Gasteiger partial charge in [0.1, 0.15) is 0 Å². The smallest absolute Gasteiger partial charge is 0.328 e. The van der Waals surface area contributed by atoms with Crippen molar-refractivity contribution in [1.29, 1.82) is 0 Å². The third-order valence-electron chi connectivity index (χ3n) is 4.06. The summed E-state index contributed by atoms with van der Waals surface area (Å²) in [5, 5.41) is 8.85. The molecule has 0 saturated carbocycles. The van der Waals surface area contributed by atoms with E-state index in [0.717, 1.165) is 29.9 Å². The van der Waals surface area contributed by atoms with Gasteiger partial charge in [-0.15, -0.1) is 0 Å². The van der Waals surface area contributed by atoms with E-state index in [9.17, 15) is 4.79 Å². The van der Waals surface area contributed by atoms with Crippen LogP contribution in [0.2, 0.25) is 0 Å². The highest BCUT2D eigenvalue weighted by Gasteiger charge is 2.22. The zero-order valence-corrected chi connectivity index (χ0v) is 13.0. The lowest BCUT2D eigenvalue weighted by molar-refractivity contribution is -0.131. The van der Waals surface area contributed by atoms with Crippen molar-refractivity contribution in [2.75, 3.05) is 32.1 Å². The molecule has 1 aliphatic rings. The maximum Gasteiger partial charge on any atom is 0.328 e. The van der Waals surface area contributed by atoms with E-state index < -0.39 is 5.97 Å². The van der Waals surface area contributed by atoms with E-state index in [-0.39, 0.29) is 0 Å². The first-order chi connectivity index (χ1) is 9.97. The van der Waals surface area contributed by atoms with Crippen LogP contribution >= 0.6 is 0 Å². The van der Waals surface area contributed by atoms with Crippen LogP contribution < -0.4 is 4.90 Å². The third kappa shape index (κ3) is 4.08. The van der Waals surface area contributed by atoms with Crippen molar-refractivity contribution in [3.05, 3.63) is 35.4 Å². The molecule has 0 bridgehead atoms. The van der Waals surface area contributed by atoms with E-state index in [1.165, 1.54) is 18.9 Å². The lowest BCUT2D eigenvalue weighted by Gasteiger charge is -2.38. The quantitative estimate of drug-likeness (QED) is 0.865. The highest BCUT2D eigenvalue weighted by molar-refractivity contribution is 5.87. The van der Waals surface area contributed by atoms with Gasteiger partial charge in [0.2, 0.25) is 0 Å². The number of piperidine rings is 1. The van der Waals surface area contributed by atoms with E-state index in [1.54, 1.807) is 6.08 Å². The van der Waals surface area contributed by atoms with Gasteiger partial charge in [-0.3, -0.25) is 0 Å². The van der Waals surface area contributed by atoms with Gasteiger partial charge in [0, 0.05) is 30.9 Å². The van der Waals surface area contributed by atoms with Crippen LogP contribution in [-0.4, -0.2) is 49.2 Å². The van der Waals surface area contributed by atoms with Crippen molar-refractivity contribution in [2.24, 2.45) is 0 Å². The van der Waals surface area contributed by atoms with Gasteiger partial charge in [-0.2, -0.15) is 0 Å². The van der Waals surface area contributed by atoms with Crippen molar-refractivity contribution in [2.45, 2.75) is 25.8 Å². The Morgan fingerprint density at radius 1 is 1.43 bits per heavy atom. The molecule has 1 saturated heterocycles. The molecule has 4 heteroatoms. The largest absolute Gasteiger partial charge is 0.478 e. The molecular formula is C17H24N2O2.